The maximum Gasteiger partial charge on any atom is 0.307 e. The summed E-state index contributed by atoms with van der Waals surface area (Å²) in [6, 6.07) is 18.0. The van der Waals surface area contributed by atoms with Gasteiger partial charge in [0.05, 0.1) is 6.42 Å². The summed E-state index contributed by atoms with van der Waals surface area (Å²) in [7, 11) is 0. The molecule has 0 aliphatic heterocycles. The van der Waals surface area contributed by atoms with E-state index in [4.69, 9.17) is 15.6 Å². The van der Waals surface area contributed by atoms with E-state index in [1.807, 2.05) is 24.4 Å². The van der Waals surface area contributed by atoms with E-state index in [-0.39, 0.29) is 25.4 Å². The van der Waals surface area contributed by atoms with Gasteiger partial charge in [0.15, 0.2) is 0 Å². The Morgan fingerprint density at radius 1 is 1.03 bits per heavy atom. The van der Waals surface area contributed by atoms with Gasteiger partial charge in [0.25, 0.3) is 0 Å². The first-order valence-electron chi connectivity index (χ1n) is 9.57. The zero-order valence-electron chi connectivity index (χ0n) is 16.2. The molecule has 6 heteroatoms. The summed E-state index contributed by atoms with van der Waals surface area (Å²) in [5.41, 5.74) is 9.67. The van der Waals surface area contributed by atoms with E-state index < -0.39 is 5.97 Å². The minimum absolute atomic E-state index is 0.117. The molecule has 1 aromatic heterocycles. The van der Waals surface area contributed by atoms with Crippen molar-refractivity contribution in [3.05, 3.63) is 89.4 Å². The number of H-pyrrole nitrogens is 1. The van der Waals surface area contributed by atoms with E-state index in [2.05, 4.69) is 4.98 Å². The highest BCUT2D eigenvalue weighted by atomic mass is 19.1. The van der Waals surface area contributed by atoms with Crippen molar-refractivity contribution in [3.63, 3.8) is 0 Å². The van der Waals surface area contributed by atoms with Crippen LogP contribution in [-0.4, -0.2) is 16.1 Å². The molecule has 1 heterocycles. The third-order valence-corrected chi connectivity index (χ3v) is 5.03. The summed E-state index contributed by atoms with van der Waals surface area (Å²) >= 11 is 0. The van der Waals surface area contributed by atoms with Crippen molar-refractivity contribution in [3.8, 4) is 16.9 Å². The molecular formula is C24H21FN2O3. The zero-order valence-corrected chi connectivity index (χ0v) is 16.2. The Balaban J connectivity index is 1.70. The number of benzene rings is 3. The summed E-state index contributed by atoms with van der Waals surface area (Å²) in [4.78, 5) is 14.3. The molecule has 0 saturated heterocycles. The number of rotatable bonds is 7. The second kappa shape index (κ2) is 8.39. The molecule has 0 atom stereocenters. The fraction of sp³-hybridized carbons (Fsp3) is 0.125. The average Bonchev–Trinajstić information content (AvgIpc) is 3.21. The predicted molar refractivity (Wildman–Crippen MR) is 114 cm³/mol. The van der Waals surface area contributed by atoms with E-state index >= 15 is 0 Å². The van der Waals surface area contributed by atoms with Gasteiger partial charge < -0.3 is 20.6 Å². The highest BCUT2D eigenvalue weighted by Crippen LogP contribution is 2.33. The van der Waals surface area contributed by atoms with Gasteiger partial charge in [0.2, 0.25) is 0 Å². The number of hydrogen-bond donors (Lipinski definition) is 3. The average molecular weight is 404 g/mol. The first-order chi connectivity index (χ1) is 14.6. The first-order valence-corrected chi connectivity index (χ1v) is 9.57. The van der Waals surface area contributed by atoms with Gasteiger partial charge in [0.1, 0.15) is 18.2 Å². The van der Waals surface area contributed by atoms with Crippen LogP contribution < -0.4 is 10.5 Å². The van der Waals surface area contributed by atoms with Crippen LogP contribution in [0, 0.1) is 5.82 Å². The number of ether oxygens (including phenoxy) is 1. The van der Waals surface area contributed by atoms with Crippen molar-refractivity contribution in [2.45, 2.75) is 19.6 Å². The maximum absolute atomic E-state index is 15.0. The highest BCUT2D eigenvalue weighted by Gasteiger charge is 2.14. The van der Waals surface area contributed by atoms with Gasteiger partial charge in [-0.3, -0.25) is 4.79 Å². The van der Waals surface area contributed by atoms with Crippen LogP contribution in [0.2, 0.25) is 0 Å². The largest absolute Gasteiger partial charge is 0.489 e. The van der Waals surface area contributed by atoms with Crippen molar-refractivity contribution >= 4 is 16.9 Å². The molecule has 0 amide bonds. The van der Waals surface area contributed by atoms with Crippen LogP contribution >= 0.6 is 0 Å². The maximum atomic E-state index is 15.0. The normalized spacial score (nSPS) is 11.0. The van der Waals surface area contributed by atoms with Crippen molar-refractivity contribution in [1.82, 2.24) is 4.98 Å². The lowest BCUT2D eigenvalue weighted by atomic mass is 9.97. The van der Waals surface area contributed by atoms with Gasteiger partial charge in [-0.1, -0.05) is 36.4 Å². The minimum Gasteiger partial charge on any atom is -0.489 e. The van der Waals surface area contributed by atoms with Crippen LogP contribution in [-0.2, 0) is 24.4 Å². The predicted octanol–water partition coefficient (Wildman–Crippen LogP) is 4.64. The van der Waals surface area contributed by atoms with Gasteiger partial charge in [-0.25, -0.2) is 4.39 Å². The lowest BCUT2D eigenvalue weighted by Crippen LogP contribution is -2.04. The summed E-state index contributed by atoms with van der Waals surface area (Å²) in [6.07, 6.45) is 1.69. The molecule has 4 aromatic rings. The third-order valence-electron chi connectivity index (χ3n) is 5.03. The molecule has 0 fully saturated rings. The number of aromatic nitrogens is 1. The lowest BCUT2D eigenvalue weighted by Gasteiger charge is -2.13. The van der Waals surface area contributed by atoms with Gasteiger partial charge in [-0.05, 0) is 35.4 Å². The topological polar surface area (TPSA) is 88.3 Å². The van der Waals surface area contributed by atoms with Gasteiger partial charge in [0, 0.05) is 40.3 Å². The van der Waals surface area contributed by atoms with Crippen molar-refractivity contribution in [1.29, 1.82) is 0 Å². The van der Waals surface area contributed by atoms with E-state index in [9.17, 15) is 9.18 Å². The second-order valence-electron chi connectivity index (χ2n) is 7.03. The number of halogens is 1. The SMILES string of the molecule is NCc1cccc(-c2cc(COc3ccccc3CC(=O)O)cc3[nH]ccc23)c1F. The van der Waals surface area contributed by atoms with Crippen molar-refractivity contribution in [2.75, 3.05) is 0 Å². The van der Waals surface area contributed by atoms with Crippen molar-refractivity contribution < 1.29 is 19.0 Å². The number of para-hydroxylation sites is 1. The zero-order chi connectivity index (χ0) is 21.1. The highest BCUT2D eigenvalue weighted by molar-refractivity contribution is 5.96. The van der Waals surface area contributed by atoms with E-state index in [1.165, 1.54) is 0 Å². The summed E-state index contributed by atoms with van der Waals surface area (Å²) in [5.74, 6) is -0.729. The van der Waals surface area contributed by atoms with Crippen molar-refractivity contribution in [2.24, 2.45) is 5.73 Å². The monoisotopic (exact) mass is 404 g/mol. The Labute approximate surface area is 172 Å². The molecule has 0 spiro atoms. The second-order valence-corrected chi connectivity index (χ2v) is 7.03. The number of carboxylic acid groups (broad SMARTS) is 1. The van der Waals surface area contributed by atoms with Gasteiger partial charge >= 0.3 is 5.97 Å². The van der Waals surface area contributed by atoms with Crippen LogP contribution in [0.25, 0.3) is 22.0 Å². The molecule has 152 valence electrons. The van der Waals surface area contributed by atoms with Crippen LogP contribution in [0.5, 0.6) is 5.75 Å². The van der Waals surface area contributed by atoms with Gasteiger partial charge in [-0.15, -0.1) is 0 Å². The first kappa shape index (κ1) is 19.7. The smallest absolute Gasteiger partial charge is 0.307 e. The Bertz CT molecular complexity index is 1220. The molecule has 5 nitrogen and oxygen atoms in total. The Morgan fingerprint density at radius 3 is 2.63 bits per heavy atom. The third kappa shape index (κ3) is 3.90. The number of aliphatic carboxylic acids is 1. The number of hydrogen-bond acceptors (Lipinski definition) is 3. The van der Waals surface area contributed by atoms with Crippen LogP contribution in [0.15, 0.2) is 66.9 Å². The summed E-state index contributed by atoms with van der Waals surface area (Å²) < 4.78 is 20.9. The Kier molecular flexibility index (Phi) is 5.50. The molecule has 3 aromatic carbocycles. The summed E-state index contributed by atoms with van der Waals surface area (Å²) in [5, 5.41) is 10.00. The lowest BCUT2D eigenvalue weighted by molar-refractivity contribution is -0.136. The number of nitrogens with two attached hydrogens (primary N) is 1. The van der Waals surface area contributed by atoms with Crippen LogP contribution in [0.1, 0.15) is 16.7 Å². The van der Waals surface area contributed by atoms with E-state index in [0.29, 0.717) is 22.4 Å². The minimum atomic E-state index is -0.920. The molecule has 4 N–H and O–H groups in total. The molecule has 30 heavy (non-hydrogen) atoms. The standard InChI is InChI=1S/C24H21FN2O3/c25-24-17(13-26)5-3-6-19(24)20-10-15(11-21-18(20)8-9-27-21)14-30-22-7-2-1-4-16(22)12-23(28)29/h1-11,27H,12-14,26H2,(H,28,29). The molecule has 4 rings (SSSR count). The van der Waals surface area contributed by atoms with Crippen LogP contribution in [0.4, 0.5) is 4.39 Å². The number of carboxylic acids is 1. The Morgan fingerprint density at radius 2 is 1.83 bits per heavy atom. The van der Waals surface area contributed by atoms with Crippen LogP contribution in [0.3, 0.4) is 0 Å². The molecule has 0 bridgehead atoms. The molecule has 0 radical (unpaired) electrons. The number of nitrogens with one attached hydrogen (secondary N) is 1. The quantitative estimate of drug-likeness (QED) is 0.419. The number of carbonyl (C=O) groups is 1. The van der Waals surface area contributed by atoms with Gasteiger partial charge in [-0.2, -0.15) is 0 Å². The molecular weight excluding hydrogens is 383 g/mol. The number of aromatic amines is 1. The molecule has 0 saturated carbocycles. The number of fused-ring (bicyclic) bond motifs is 1. The Hall–Kier alpha value is -3.64. The van der Waals surface area contributed by atoms with E-state index in [0.717, 1.165) is 22.0 Å². The van der Waals surface area contributed by atoms with E-state index in [1.54, 1.807) is 42.5 Å². The summed E-state index contributed by atoms with van der Waals surface area (Å²) in [6.45, 7) is 0.343. The fourth-order valence-corrected chi connectivity index (χ4v) is 3.59. The molecule has 0 unspecified atom stereocenters. The molecule has 0 aliphatic carbocycles. The molecule has 0 aliphatic rings. The fourth-order valence-electron chi connectivity index (χ4n) is 3.59.